The van der Waals surface area contributed by atoms with Gasteiger partial charge in [-0.3, -0.25) is 0 Å². The smallest absolute Gasteiger partial charge is 0.0188 e. The summed E-state index contributed by atoms with van der Waals surface area (Å²) in [4.78, 5) is 0. The first-order chi connectivity index (χ1) is 5.07. The van der Waals surface area contributed by atoms with Gasteiger partial charge in [-0.25, -0.2) is 0 Å². The lowest BCUT2D eigenvalue weighted by molar-refractivity contribution is 0.425. The molecule has 3 N–H and O–H groups in total. The summed E-state index contributed by atoms with van der Waals surface area (Å²) in [5.41, 5.74) is 5.86. The monoisotopic (exact) mass is 158 g/mol. The highest BCUT2D eigenvalue weighted by atomic mass is 14.9. The molecule has 0 fully saturated rings. The normalized spacial score (nSPS) is 16.9. The Kier molecular flexibility index (Phi) is 5.51. The molecule has 0 aromatic carbocycles. The summed E-state index contributed by atoms with van der Waals surface area (Å²) in [6.07, 6.45) is 1.17. The first-order valence-corrected chi connectivity index (χ1v) is 4.56. The third-order valence-corrected chi connectivity index (χ3v) is 2.17. The fourth-order valence-electron chi connectivity index (χ4n) is 0.717. The average Bonchev–Trinajstić information content (AvgIpc) is 1.99. The van der Waals surface area contributed by atoms with Crippen molar-refractivity contribution in [1.29, 1.82) is 0 Å². The van der Waals surface area contributed by atoms with Crippen LogP contribution in [-0.4, -0.2) is 18.6 Å². The van der Waals surface area contributed by atoms with Crippen LogP contribution in [0.4, 0.5) is 0 Å². The Morgan fingerprint density at radius 1 is 1.27 bits per heavy atom. The van der Waals surface area contributed by atoms with Gasteiger partial charge < -0.3 is 11.1 Å². The SMILES string of the molecule is CCC(C)NCC(N)C(C)C. The van der Waals surface area contributed by atoms with Gasteiger partial charge in [0, 0.05) is 18.6 Å². The van der Waals surface area contributed by atoms with Gasteiger partial charge in [0.1, 0.15) is 0 Å². The molecule has 0 heterocycles. The van der Waals surface area contributed by atoms with Gasteiger partial charge in [-0.1, -0.05) is 20.8 Å². The van der Waals surface area contributed by atoms with Crippen LogP contribution in [0.2, 0.25) is 0 Å². The molecular formula is C9H22N2. The van der Waals surface area contributed by atoms with E-state index in [0.717, 1.165) is 6.54 Å². The molecule has 0 aromatic rings. The van der Waals surface area contributed by atoms with Gasteiger partial charge in [-0.05, 0) is 19.3 Å². The van der Waals surface area contributed by atoms with E-state index in [1.807, 2.05) is 0 Å². The second-order valence-corrected chi connectivity index (χ2v) is 3.63. The van der Waals surface area contributed by atoms with E-state index >= 15 is 0 Å². The van der Waals surface area contributed by atoms with Crippen molar-refractivity contribution in [2.75, 3.05) is 6.54 Å². The molecule has 68 valence electrons. The zero-order valence-corrected chi connectivity index (χ0v) is 8.22. The summed E-state index contributed by atoms with van der Waals surface area (Å²) < 4.78 is 0. The lowest BCUT2D eigenvalue weighted by atomic mass is 10.1. The Bertz CT molecular complexity index is 91.6. The molecule has 0 aromatic heterocycles. The number of hydrogen-bond donors (Lipinski definition) is 2. The predicted octanol–water partition coefficient (Wildman–Crippen LogP) is 1.36. The molecule has 2 nitrogen and oxygen atoms in total. The van der Waals surface area contributed by atoms with Crippen LogP contribution in [0.15, 0.2) is 0 Å². The van der Waals surface area contributed by atoms with E-state index in [-0.39, 0.29) is 0 Å². The van der Waals surface area contributed by atoms with Crippen molar-refractivity contribution >= 4 is 0 Å². The average molecular weight is 158 g/mol. The highest BCUT2D eigenvalue weighted by molar-refractivity contribution is 4.70. The highest BCUT2D eigenvalue weighted by Crippen LogP contribution is 1.97. The van der Waals surface area contributed by atoms with Crippen molar-refractivity contribution in [2.45, 2.75) is 46.2 Å². The van der Waals surface area contributed by atoms with Gasteiger partial charge in [0.2, 0.25) is 0 Å². The van der Waals surface area contributed by atoms with Gasteiger partial charge >= 0.3 is 0 Å². The molecule has 0 spiro atoms. The Labute approximate surface area is 70.5 Å². The lowest BCUT2D eigenvalue weighted by Gasteiger charge is -2.19. The maximum atomic E-state index is 5.86. The van der Waals surface area contributed by atoms with Crippen LogP contribution >= 0.6 is 0 Å². The van der Waals surface area contributed by atoms with E-state index in [2.05, 4.69) is 33.0 Å². The van der Waals surface area contributed by atoms with Gasteiger partial charge in [0.15, 0.2) is 0 Å². The fourth-order valence-corrected chi connectivity index (χ4v) is 0.717. The molecule has 0 bridgehead atoms. The number of nitrogens with one attached hydrogen (secondary N) is 1. The van der Waals surface area contributed by atoms with Crippen molar-refractivity contribution in [1.82, 2.24) is 5.32 Å². The summed E-state index contributed by atoms with van der Waals surface area (Å²) in [6.45, 7) is 9.62. The molecule has 0 aliphatic carbocycles. The molecule has 2 atom stereocenters. The Hall–Kier alpha value is -0.0800. The quantitative estimate of drug-likeness (QED) is 0.634. The number of rotatable bonds is 5. The van der Waals surface area contributed by atoms with E-state index in [0.29, 0.717) is 18.0 Å². The first kappa shape index (κ1) is 10.9. The Morgan fingerprint density at radius 2 is 1.82 bits per heavy atom. The first-order valence-electron chi connectivity index (χ1n) is 4.56. The van der Waals surface area contributed by atoms with Crippen LogP contribution in [0.3, 0.4) is 0 Å². The Balaban J connectivity index is 3.37. The maximum absolute atomic E-state index is 5.86. The molecule has 0 aliphatic heterocycles. The van der Waals surface area contributed by atoms with Crippen molar-refractivity contribution in [3.05, 3.63) is 0 Å². The summed E-state index contributed by atoms with van der Waals surface area (Å²) in [5, 5.41) is 3.39. The zero-order chi connectivity index (χ0) is 8.85. The van der Waals surface area contributed by atoms with Crippen LogP contribution in [0.5, 0.6) is 0 Å². The van der Waals surface area contributed by atoms with Crippen molar-refractivity contribution in [3.63, 3.8) is 0 Å². The highest BCUT2D eigenvalue weighted by Gasteiger charge is 2.07. The summed E-state index contributed by atoms with van der Waals surface area (Å²) >= 11 is 0. The van der Waals surface area contributed by atoms with E-state index in [1.54, 1.807) is 0 Å². The minimum Gasteiger partial charge on any atom is -0.326 e. The van der Waals surface area contributed by atoms with E-state index in [9.17, 15) is 0 Å². The molecule has 0 saturated carbocycles. The van der Waals surface area contributed by atoms with Crippen LogP contribution in [0, 0.1) is 5.92 Å². The van der Waals surface area contributed by atoms with E-state index in [1.165, 1.54) is 6.42 Å². The minimum atomic E-state index is 0.295. The molecule has 0 amide bonds. The van der Waals surface area contributed by atoms with Crippen molar-refractivity contribution in [3.8, 4) is 0 Å². The van der Waals surface area contributed by atoms with Crippen LogP contribution in [0.25, 0.3) is 0 Å². The summed E-state index contributed by atoms with van der Waals surface area (Å²) in [5.74, 6) is 0.576. The molecule has 2 unspecified atom stereocenters. The van der Waals surface area contributed by atoms with Crippen molar-refractivity contribution < 1.29 is 0 Å². The van der Waals surface area contributed by atoms with E-state index < -0.39 is 0 Å². The second kappa shape index (κ2) is 5.56. The summed E-state index contributed by atoms with van der Waals surface area (Å²) in [6, 6.07) is 0.892. The molecule has 11 heavy (non-hydrogen) atoms. The molecular weight excluding hydrogens is 136 g/mol. The number of nitrogens with two attached hydrogens (primary N) is 1. The van der Waals surface area contributed by atoms with Crippen molar-refractivity contribution in [2.24, 2.45) is 11.7 Å². The van der Waals surface area contributed by atoms with Crippen LogP contribution in [-0.2, 0) is 0 Å². The topological polar surface area (TPSA) is 38.0 Å². The Morgan fingerprint density at radius 3 is 2.18 bits per heavy atom. The minimum absolute atomic E-state index is 0.295. The van der Waals surface area contributed by atoms with E-state index in [4.69, 9.17) is 5.73 Å². The lowest BCUT2D eigenvalue weighted by Crippen LogP contribution is -2.41. The molecule has 0 aliphatic rings. The van der Waals surface area contributed by atoms with Gasteiger partial charge in [-0.15, -0.1) is 0 Å². The van der Waals surface area contributed by atoms with Gasteiger partial charge in [0.25, 0.3) is 0 Å². The van der Waals surface area contributed by atoms with Gasteiger partial charge in [0.05, 0.1) is 0 Å². The van der Waals surface area contributed by atoms with Gasteiger partial charge in [-0.2, -0.15) is 0 Å². The third-order valence-electron chi connectivity index (χ3n) is 2.17. The standard InChI is InChI=1S/C9H22N2/c1-5-8(4)11-6-9(10)7(2)3/h7-9,11H,5-6,10H2,1-4H3. The maximum Gasteiger partial charge on any atom is 0.0188 e. The molecule has 2 heteroatoms. The molecule has 0 radical (unpaired) electrons. The molecule has 0 rings (SSSR count). The predicted molar refractivity (Wildman–Crippen MR) is 50.6 cm³/mol. The number of hydrogen-bond acceptors (Lipinski definition) is 2. The third kappa shape index (κ3) is 5.22. The fraction of sp³-hybridized carbons (Fsp3) is 1.00. The van der Waals surface area contributed by atoms with Crippen LogP contribution < -0.4 is 11.1 Å². The largest absolute Gasteiger partial charge is 0.326 e. The zero-order valence-electron chi connectivity index (χ0n) is 8.22. The van der Waals surface area contributed by atoms with Crippen LogP contribution in [0.1, 0.15) is 34.1 Å². The second-order valence-electron chi connectivity index (χ2n) is 3.63. The summed E-state index contributed by atoms with van der Waals surface area (Å²) in [7, 11) is 0. The molecule has 0 saturated heterocycles.